The Balaban J connectivity index is 1.67. The van der Waals surface area contributed by atoms with Crippen molar-refractivity contribution in [2.24, 2.45) is 5.10 Å². The molecule has 3 rings (SSSR count). The zero-order chi connectivity index (χ0) is 23.3. The molecule has 0 saturated heterocycles. The van der Waals surface area contributed by atoms with Crippen molar-refractivity contribution in [1.29, 1.82) is 0 Å². The molecule has 32 heavy (non-hydrogen) atoms. The molecule has 3 aromatic rings. The van der Waals surface area contributed by atoms with Crippen LogP contribution in [0, 0.1) is 0 Å². The topological polar surface area (TPSA) is 109 Å². The van der Waals surface area contributed by atoms with E-state index in [1.54, 1.807) is 19.1 Å². The summed E-state index contributed by atoms with van der Waals surface area (Å²) in [5, 5.41) is 18.8. The average molecular weight is 456 g/mol. The zero-order valence-electron chi connectivity index (χ0n) is 17.7. The Hall–Kier alpha value is -3.78. The third-order valence-corrected chi connectivity index (χ3v) is 4.92. The van der Waals surface area contributed by atoms with Crippen molar-refractivity contribution in [3.05, 3.63) is 59.1 Å². The number of nitrogens with zero attached hydrogens (tertiary/aromatic N) is 1. The van der Waals surface area contributed by atoms with Gasteiger partial charge in [-0.15, -0.1) is 0 Å². The van der Waals surface area contributed by atoms with Crippen LogP contribution in [-0.4, -0.2) is 36.9 Å². The molecular weight excluding hydrogens is 434 g/mol. The van der Waals surface area contributed by atoms with Crippen molar-refractivity contribution < 1.29 is 24.2 Å². The summed E-state index contributed by atoms with van der Waals surface area (Å²) < 4.78 is 10.4. The molecule has 0 unspecified atom stereocenters. The zero-order valence-corrected chi connectivity index (χ0v) is 18.5. The number of amides is 2. The number of hydrazone groups is 1. The molecule has 0 atom stereocenters. The van der Waals surface area contributed by atoms with Gasteiger partial charge in [-0.25, -0.2) is 5.43 Å². The maximum absolute atomic E-state index is 12.5. The second-order valence-corrected chi connectivity index (χ2v) is 7.32. The van der Waals surface area contributed by atoms with E-state index in [-0.39, 0.29) is 23.6 Å². The van der Waals surface area contributed by atoms with Crippen molar-refractivity contribution in [3.8, 4) is 17.2 Å². The molecule has 0 aliphatic heterocycles. The van der Waals surface area contributed by atoms with Gasteiger partial charge in [-0.05, 0) is 29.8 Å². The van der Waals surface area contributed by atoms with E-state index in [0.717, 1.165) is 10.8 Å². The first-order valence-corrected chi connectivity index (χ1v) is 9.96. The molecule has 0 aliphatic carbocycles. The van der Waals surface area contributed by atoms with Gasteiger partial charge in [-0.3, -0.25) is 9.59 Å². The van der Waals surface area contributed by atoms with Gasteiger partial charge >= 0.3 is 0 Å². The molecule has 0 fully saturated rings. The van der Waals surface area contributed by atoms with Crippen LogP contribution in [0.2, 0.25) is 5.02 Å². The monoisotopic (exact) mass is 455 g/mol. The number of carbonyl (C=O) groups excluding carboxylic acids is 2. The van der Waals surface area contributed by atoms with Crippen LogP contribution in [0.15, 0.2) is 53.6 Å². The van der Waals surface area contributed by atoms with E-state index in [9.17, 15) is 14.7 Å². The summed E-state index contributed by atoms with van der Waals surface area (Å²) >= 11 is 6.07. The quantitative estimate of drug-likeness (QED) is 0.362. The summed E-state index contributed by atoms with van der Waals surface area (Å²) in [5.41, 5.74) is 3.20. The minimum Gasteiger partial charge on any atom is -0.507 e. The van der Waals surface area contributed by atoms with Crippen LogP contribution in [0.5, 0.6) is 17.2 Å². The third-order valence-electron chi connectivity index (χ3n) is 4.62. The lowest BCUT2D eigenvalue weighted by Crippen LogP contribution is -2.21. The molecule has 0 heterocycles. The molecule has 2 amide bonds. The van der Waals surface area contributed by atoms with E-state index in [4.69, 9.17) is 21.1 Å². The number of benzene rings is 3. The van der Waals surface area contributed by atoms with Gasteiger partial charge in [0.2, 0.25) is 5.91 Å². The fourth-order valence-electron chi connectivity index (χ4n) is 3.04. The van der Waals surface area contributed by atoms with E-state index in [2.05, 4.69) is 15.8 Å². The molecule has 0 aliphatic rings. The standard InChI is InChI=1S/C23H22ClN3O5/c1-13(8-22(29)25-18-12-20(31-2)17(24)11-21(18)32-3)26-27-23(30)16-9-14-6-4-5-7-15(14)10-19(16)28/h4-7,9-12,28H,8H2,1-3H3,(H,25,29)(H,27,30). The highest BCUT2D eigenvalue weighted by Crippen LogP contribution is 2.35. The fourth-order valence-corrected chi connectivity index (χ4v) is 3.27. The minimum absolute atomic E-state index is 0.0852. The number of halogens is 1. The van der Waals surface area contributed by atoms with Gasteiger partial charge in [-0.2, -0.15) is 5.10 Å². The Bertz CT molecular complexity index is 1210. The summed E-state index contributed by atoms with van der Waals surface area (Å²) in [7, 11) is 2.92. The third kappa shape index (κ3) is 5.28. The fraction of sp³-hybridized carbons (Fsp3) is 0.174. The van der Waals surface area contributed by atoms with E-state index in [1.807, 2.05) is 24.3 Å². The summed E-state index contributed by atoms with van der Waals surface area (Å²) in [6.07, 6.45) is -0.0852. The number of anilines is 1. The van der Waals surface area contributed by atoms with Crippen LogP contribution in [0.4, 0.5) is 5.69 Å². The average Bonchev–Trinajstić information content (AvgIpc) is 2.77. The maximum atomic E-state index is 12.5. The van der Waals surface area contributed by atoms with Gasteiger partial charge in [0.1, 0.15) is 17.2 Å². The number of carbonyl (C=O) groups is 2. The molecule has 9 heteroatoms. The van der Waals surface area contributed by atoms with Gasteiger partial charge in [-0.1, -0.05) is 35.9 Å². The molecule has 0 aromatic heterocycles. The molecule has 3 N–H and O–H groups in total. The minimum atomic E-state index is -0.586. The number of hydrogen-bond donors (Lipinski definition) is 3. The van der Waals surface area contributed by atoms with Gasteiger partial charge in [0.05, 0.1) is 36.9 Å². The molecule has 8 nitrogen and oxygen atoms in total. The predicted octanol–water partition coefficient (Wildman–Crippen LogP) is 4.35. The van der Waals surface area contributed by atoms with E-state index in [0.29, 0.717) is 27.9 Å². The SMILES string of the molecule is COc1cc(NC(=O)CC(C)=NNC(=O)c2cc3ccccc3cc2O)c(OC)cc1Cl. The Morgan fingerprint density at radius 2 is 1.69 bits per heavy atom. The Kier molecular flexibility index (Phi) is 7.17. The Morgan fingerprint density at radius 3 is 2.34 bits per heavy atom. The summed E-state index contributed by atoms with van der Waals surface area (Å²) in [5.74, 6) is -0.362. The largest absolute Gasteiger partial charge is 0.507 e. The van der Waals surface area contributed by atoms with Crippen molar-refractivity contribution in [2.45, 2.75) is 13.3 Å². The number of fused-ring (bicyclic) bond motifs is 1. The number of phenols is 1. The molecule has 3 aromatic carbocycles. The molecule has 0 spiro atoms. The van der Waals surface area contributed by atoms with Gasteiger partial charge in [0.15, 0.2) is 0 Å². The lowest BCUT2D eigenvalue weighted by atomic mass is 10.1. The number of hydrogen-bond acceptors (Lipinski definition) is 6. The van der Waals surface area contributed by atoms with Crippen molar-refractivity contribution in [1.82, 2.24) is 5.43 Å². The number of rotatable bonds is 7. The summed E-state index contributed by atoms with van der Waals surface area (Å²) in [6, 6.07) is 13.5. The lowest BCUT2D eigenvalue weighted by molar-refractivity contribution is -0.115. The van der Waals surface area contributed by atoms with E-state index in [1.165, 1.54) is 26.4 Å². The second kappa shape index (κ2) is 10.0. The first-order chi connectivity index (χ1) is 15.3. The number of methoxy groups -OCH3 is 2. The van der Waals surface area contributed by atoms with Gasteiger partial charge < -0.3 is 19.9 Å². The van der Waals surface area contributed by atoms with Crippen LogP contribution in [0.25, 0.3) is 10.8 Å². The molecule has 0 saturated carbocycles. The summed E-state index contributed by atoms with van der Waals surface area (Å²) in [6.45, 7) is 1.60. The van der Waals surface area contributed by atoms with Crippen LogP contribution in [0.1, 0.15) is 23.7 Å². The molecule has 0 radical (unpaired) electrons. The smallest absolute Gasteiger partial charge is 0.275 e. The normalized spacial score (nSPS) is 11.2. The van der Waals surface area contributed by atoms with Crippen LogP contribution in [0.3, 0.4) is 0 Å². The second-order valence-electron chi connectivity index (χ2n) is 6.92. The van der Waals surface area contributed by atoms with E-state index >= 15 is 0 Å². The Labute approximate surface area is 189 Å². The number of nitrogens with one attached hydrogen (secondary N) is 2. The highest BCUT2D eigenvalue weighted by molar-refractivity contribution is 6.32. The maximum Gasteiger partial charge on any atom is 0.275 e. The molecule has 0 bridgehead atoms. The number of phenolic OH excluding ortho intramolecular Hbond substituents is 1. The van der Waals surface area contributed by atoms with Gasteiger partial charge in [0.25, 0.3) is 5.91 Å². The highest BCUT2D eigenvalue weighted by Gasteiger charge is 2.15. The van der Waals surface area contributed by atoms with Crippen molar-refractivity contribution in [2.75, 3.05) is 19.5 Å². The Morgan fingerprint density at radius 1 is 1.03 bits per heavy atom. The lowest BCUT2D eigenvalue weighted by Gasteiger charge is -2.13. The molecular formula is C23H22ClN3O5. The number of aromatic hydroxyl groups is 1. The predicted molar refractivity (Wildman–Crippen MR) is 124 cm³/mol. The molecule has 166 valence electrons. The van der Waals surface area contributed by atoms with Gasteiger partial charge in [0, 0.05) is 17.8 Å². The first-order valence-electron chi connectivity index (χ1n) is 9.59. The van der Waals surface area contributed by atoms with Crippen LogP contribution < -0.4 is 20.2 Å². The van der Waals surface area contributed by atoms with Crippen LogP contribution >= 0.6 is 11.6 Å². The van der Waals surface area contributed by atoms with Crippen LogP contribution in [-0.2, 0) is 4.79 Å². The number of ether oxygens (including phenoxy) is 2. The summed E-state index contributed by atoms with van der Waals surface area (Å²) in [4.78, 5) is 24.9. The highest BCUT2D eigenvalue weighted by atomic mass is 35.5. The van der Waals surface area contributed by atoms with Crippen molar-refractivity contribution in [3.63, 3.8) is 0 Å². The first kappa shape index (κ1) is 22.9. The van der Waals surface area contributed by atoms with E-state index < -0.39 is 5.91 Å². The van der Waals surface area contributed by atoms with Crippen molar-refractivity contribution >= 4 is 45.6 Å².